The minimum atomic E-state index is 0.336. The Labute approximate surface area is 170 Å². The van der Waals surface area contributed by atoms with Gasteiger partial charge in [0.25, 0.3) is 0 Å². The molecule has 6 heteroatoms. The van der Waals surface area contributed by atoms with Crippen LogP contribution in [0.3, 0.4) is 0 Å². The van der Waals surface area contributed by atoms with E-state index in [-0.39, 0.29) is 0 Å². The summed E-state index contributed by atoms with van der Waals surface area (Å²) in [5.41, 5.74) is 8.07. The van der Waals surface area contributed by atoms with Crippen LogP contribution in [0.1, 0.15) is 31.5 Å². The summed E-state index contributed by atoms with van der Waals surface area (Å²) in [5.74, 6) is 1.77. The summed E-state index contributed by atoms with van der Waals surface area (Å²) in [4.78, 5) is 8.65. The molecular formula is C23H27N5O. The van der Waals surface area contributed by atoms with Crippen LogP contribution in [0.4, 0.5) is 11.5 Å². The van der Waals surface area contributed by atoms with Crippen molar-refractivity contribution in [3.63, 3.8) is 0 Å². The number of aryl methyl sites for hydroxylation is 1. The van der Waals surface area contributed by atoms with Crippen molar-refractivity contribution in [1.82, 2.24) is 14.5 Å². The molecule has 0 unspecified atom stereocenters. The van der Waals surface area contributed by atoms with Gasteiger partial charge >= 0.3 is 0 Å². The van der Waals surface area contributed by atoms with E-state index in [0.717, 1.165) is 49.0 Å². The molecule has 29 heavy (non-hydrogen) atoms. The Balaban J connectivity index is 1.03. The highest BCUT2D eigenvalue weighted by atomic mass is 16.5. The highest BCUT2D eigenvalue weighted by Crippen LogP contribution is 2.73. The maximum Gasteiger partial charge on any atom is 0.131 e. The third-order valence-electron chi connectivity index (χ3n) is 7.27. The van der Waals surface area contributed by atoms with E-state index in [4.69, 9.17) is 10.5 Å². The number of hydrogen-bond acceptors (Lipinski definition) is 5. The minimum absolute atomic E-state index is 0.336. The van der Waals surface area contributed by atoms with Crippen molar-refractivity contribution >= 4 is 22.3 Å². The van der Waals surface area contributed by atoms with Crippen LogP contribution in [0, 0.1) is 10.8 Å². The van der Waals surface area contributed by atoms with Gasteiger partial charge in [-0.1, -0.05) is 12.1 Å². The number of imidazole rings is 1. The predicted octanol–water partition coefficient (Wildman–Crippen LogP) is 3.63. The Morgan fingerprint density at radius 1 is 1.10 bits per heavy atom. The van der Waals surface area contributed by atoms with Crippen molar-refractivity contribution in [3.8, 4) is 0 Å². The minimum Gasteiger partial charge on any atom is -0.384 e. The number of pyridine rings is 1. The fraction of sp³-hybridized carbons (Fsp3) is 0.478. The molecule has 3 N–H and O–H groups in total. The van der Waals surface area contributed by atoms with Crippen LogP contribution in [-0.2, 0) is 17.7 Å². The Hall–Kier alpha value is -2.60. The van der Waals surface area contributed by atoms with Gasteiger partial charge in [0.2, 0.25) is 0 Å². The number of nitrogens with zero attached hydrogens (tertiary/aromatic N) is 3. The van der Waals surface area contributed by atoms with E-state index in [9.17, 15) is 0 Å². The standard InChI is InChI=1S/C23H27N5O/c24-21-18-2-1-3-19(17(18)4-6-26-21)27-14-22-11-23(12-22,13-22)15-29-16-5-8-28-9-7-25-20(28)10-16/h1-4,6-7,9,16,27H,5,8,10-15H2,(H2,24,26)/t16-,22?,23?/m1/s1. The second-order valence-electron chi connectivity index (χ2n) is 9.44. The van der Waals surface area contributed by atoms with Crippen LogP contribution >= 0.6 is 0 Å². The van der Waals surface area contributed by atoms with Crippen molar-refractivity contribution in [2.75, 3.05) is 24.2 Å². The molecule has 0 spiro atoms. The summed E-state index contributed by atoms with van der Waals surface area (Å²) >= 11 is 0. The highest BCUT2D eigenvalue weighted by molar-refractivity contribution is 5.99. The van der Waals surface area contributed by atoms with E-state index in [1.54, 1.807) is 6.20 Å². The van der Waals surface area contributed by atoms with E-state index in [2.05, 4.69) is 38.2 Å². The van der Waals surface area contributed by atoms with Gasteiger partial charge in [-0.25, -0.2) is 9.97 Å². The Bertz CT molecular complexity index is 1050. The summed E-state index contributed by atoms with van der Waals surface area (Å²) < 4.78 is 8.59. The van der Waals surface area contributed by atoms with E-state index < -0.39 is 0 Å². The molecule has 0 saturated heterocycles. The van der Waals surface area contributed by atoms with Gasteiger partial charge in [0.1, 0.15) is 11.6 Å². The molecule has 1 atom stereocenters. The monoisotopic (exact) mass is 389 g/mol. The number of rotatable bonds is 6. The number of hydrogen-bond donors (Lipinski definition) is 2. The molecule has 1 aliphatic heterocycles. The van der Waals surface area contributed by atoms with Gasteiger partial charge < -0.3 is 20.4 Å². The number of ether oxygens (including phenoxy) is 1. The molecule has 2 aromatic heterocycles. The SMILES string of the molecule is Nc1nccc2c(NCC34CC(CO[C@@H]5CCn6ccnc6C5)(C3)C4)cccc12. The molecule has 3 saturated carbocycles. The maximum absolute atomic E-state index is 6.34. The average molecular weight is 390 g/mol. The van der Waals surface area contributed by atoms with Gasteiger partial charge in [0.15, 0.2) is 0 Å². The summed E-state index contributed by atoms with van der Waals surface area (Å²) in [5, 5.41) is 5.87. The zero-order valence-electron chi connectivity index (χ0n) is 16.6. The summed E-state index contributed by atoms with van der Waals surface area (Å²) in [6.45, 7) is 2.97. The van der Waals surface area contributed by atoms with E-state index >= 15 is 0 Å². The molecule has 0 radical (unpaired) electrons. The largest absolute Gasteiger partial charge is 0.384 e. The lowest BCUT2D eigenvalue weighted by Crippen LogP contribution is -2.66. The number of aromatic nitrogens is 3. The van der Waals surface area contributed by atoms with Gasteiger partial charge in [0, 0.05) is 54.6 Å². The van der Waals surface area contributed by atoms with Crippen LogP contribution in [-0.4, -0.2) is 33.8 Å². The van der Waals surface area contributed by atoms with Crippen LogP contribution in [0.5, 0.6) is 0 Å². The zero-order valence-corrected chi connectivity index (χ0v) is 16.6. The van der Waals surface area contributed by atoms with Gasteiger partial charge in [0.05, 0.1) is 12.7 Å². The van der Waals surface area contributed by atoms with Crippen LogP contribution in [0.15, 0.2) is 42.9 Å². The van der Waals surface area contributed by atoms with Crippen molar-refractivity contribution in [2.45, 2.75) is 44.8 Å². The van der Waals surface area contributed by atoms with Gasteiger partial charge in [-0.05, 0) is 48.6 Å². The van der Waals surface area contributed by atoms with Crippen LogP contribution in [0.25, 0.3) is 10.8 Å². The topological polar surface area (TPSA) is 78.0 Å². The number of fused-ring (bicyclic) bond motifs is 2. The number of nitrogen functional groups attached to an aromatic ring is 1. The molecule has 150 valence electrons. The smallest absolute Gasteiger partial charge is 0.131 e. The first kappa shape index (κ1) is 17.3. The van der Waals surface area contributed by atoms with Gasteiger partial charge in [-0.15, -0.1) is 0 Å². The normalized spacial score (nSPS) is 29.7. The third kappa shape index (κ3) is 2.81. The second kappa shape index (κ2) is 6.20. The van der Waals surface area contributed by atoms with Crippen LogP contribution in [0.2, 0.25) is 0 Å². The first-order valence-electron chi connectivity index (χ1n) is 10.6. The fourth-order valence-corrected chi connectivity index (χ4v) is 6.00. The molecule has 2 bridgehead atoms. The summed E-state index contributed by atoms with van der Waals surface area (Å²) in [6.07, 6.45) is 12.0. The summed E-state index contributed by atoms with van der Waals surface area (Å²) in [6, 6.07) is 8.27. The Kier molecular flexibility index (Phi) is 3.69. The summed E-state index contributed by atoms with van der Waals surface area (Å²) in [7, 11) is 0. The molecular weight excluding hydrogens is 362 g/mol. The van der Waals surface area contributed by atoms with Crippen molar-refractivity contribution in [2.24, 2.45) is 10.8 Å². The first-order valence-corrected chi connectivity index (χ1v) is 10.6. The number of nitrogens with one attached hydrogen (secondary N) is 1. The molecule has 6 nitrogen and oxygen atoms in total. The lowest BCUT2D eigenvalue weighted by molar-refractivity contribution is -0.230. The lowest BCUT2D eigenvalue weighted by atomic mass is 9.35. The number of anilines is 2. The second-order valence-corrected chi connectivity index (χ2v) is 9.44. The maximum atomic E-state index is 6.34. The zero-order chi connectivity index (χ0) is 19.5. The lowest BCUT2D eigenvalue weighted by Gasteiger charge is -2.71. The highest BCUT2D eigenvalue weighted by Gasteiger charge is 2.67. The Morgan fingerprint density at radius 2 is 2.00 bits per heavy atom. The molecule has 7 rings (SSSR count). The van der Waals surface area contributed by atoms with Crippen molar-refractivity contribution in [3.05, 3.63) is 48.7 Å². The van der Waals surface area contributed by atoms with Crippen molar-refractivity contribution in [1.29, 1.82) is 0 Å². The van der Waals surface area contributed by atoms with Gasteiger partial charge in [-0.3, -0.25) is 0 Å². The van der Waals surface area contributed by atoms with E-state index in [0.29, 0.717) is 22.8 Å². The average Bonchev–Trinajstić information content (AvgIpc) is 3.14. The van der Waals surface area contributed by atoms with Crippen LogP contribution < -0.4 is 11.1 Å². The van der Waals surface area contributed by atoms with E-state index in [1.807, 2.05) is 18.3 Å². The molecule has 1 aromatic carbocycles. The quantitative estimate of drug-likeness (QED) is 0.673. The first-order chi connectivity index (χ1) is 14.1. The number of nitrogens with two attached hydrogens (primary N) is 1. The van der Waals surface area contributed by atoms with Crippen molar-refractivity contribution < 1.29 is 4.74 Å². The van der Waals surface area contributed by atoms with E-state index in [1.165, 1.54) is 25.1 Å². The predicted molar refractivity (Wildman–Crippen MR) is 114 cm³/mol. The van der Waals surface area contributed by atoms with Gasteiger partial charge in [-0.2, -0.15) is 0 Å². The molecule has 3 aliphatic carbocycles. The molecule has 3 heterocycles. The Morgan fingerprint density at radius 3 is 2.90 bits per heavy atom. The molecule has 3 fully saturated rings. The third-order valence-corrected chi connectivity index (χ3v) is 7.27. The molecule has 0 amide bonds. The molecule has 4 aliphatic rings. The molecule has 3 aromatic rings. The number of benzene rings is 1. The fourth-order valence-electron chi connectivity index (χ4n) is 6.00.